The second-order valence-corrected chi connectivity index (χ2v) is 19.4. The van der Waals surface area contributed by atoms with E-state index in [1.807, 2.05) is 82.5 Å². The lowest BCUT2D eigenvalue weighted by Crippen LogP contribution is -2.56. The molecule has 3 aromatic rings. The molecule has 7 bridgehead atoms. The zero-order valence-corrected chi connectivity index (χ0v) is 41.3. The topological polar surface area (TPSA) is 194 Å². The number of phenols is 1. The molecule has 17 heteroatoms. The summed E-state index contributed by atoms with van der Waals surface area (Å²) in [4.78, 5) is 74.1. The predicted octanol–water partition coefficient (Wildman–Crippen LogP) is 6.35. The quantitative estimate of drug-likeness (QED) is 0.269. The van der Waals surface area contributed by atoms with Gasteiger partial charge in [-0.25, -0.2) is 4.57 Å². The smallest absolute Gasteiger partial charge is 0.507 e. The molecule has 6 heterocycles. The van der Waals surface area contributed by atoms with E-state index in [1.165, 1.54) is 31.8 Å². The number of benzene rings is 2. The molecule has 0 saturated carbocycles. The van der Waals surface area contributed by atoms with E-state index in [9.17, 15) is 29.1 Å². The highest BCUT2D eigenvalue weighted by atomic mass is 16.7. The molecule has 1 amide bonds. The summed E-state index contributed by atoms with van der Waals surface area (Å²) in [6, 6.07) is 9.86. The molecule has 5 aliphatic heterocycles. The van der Waals surface area contributed by atoms with Gasteiger partial charge in [-0.3, -0.25) is 19.2 Å². The first kappa shape index (κ1) is 50.0. The third-order valence-electron chi connectivity index (χ3n) is 14.1. The molecule has 2 fully saturated rings. The molecular weight excluding hydrogens is 901 g/mol. The van der Waals surface area contributed by atoms with E-state index >= 15 is 0 Å². The fourth-order valence-electron chi connectivity index (χ4n) is 10.2. The fourth-order valence-corrected chi connectivity index (χ4v) is 10.2. The third-order valence-corrected chi connectivity index (χ3v) is 14.1. The number of hydrogen-bond donors (Lipinski definition) is 2. The number of aromatic nitrogens is 2. The highest BCUT2D eigenvalue weighted by molar-refractivity contribution is 6.32. The lowest BCUT2D eigenvalue weighted by atomic mass is 9.77. The van der Waals surface area contributed by atoms with Crippen molar-refractivity contribution in [2.75, 3.05) is 33.4 Å². The number of amides is 1. The number of ketones is 3. The van der Waals surface area contributed by atoms with E-state index < -0.39 is 88.5 Å². The third kappa shape index (κ3) is 9.46. The number of aromatic hydroxyl groups is 1. The number of rotatable bonds is 5. The SMILES string of the molecule is CO[C@@H]1/C=C/O[C@@]2(C)Oc3c(C)c(O)c4c(c3C2=O)C(=O)C(N2CCOCC2)=C(NC(=O)/C(C)=C/C=C/[C@@H](C)[C@@H]2OC(C)(C)O[C@@H]([C@@H](C)[C@@H](OC(=O)n3cc[n+](Cc5ccccc5)c3)[C@H]1C)[C@@H]2C)C4=O. The van der Waals surface area contributed by atoms with Crippen molar-refractivity contribution in [2.45, 2.75) is 105 Å². The molecule has 6 aliphatic rings. The van der Waals surface area contributed by atoms with Crippen LogP contribution in [0.1, 0.15) is 97.6 Å². The zero-order valence-electron chi connectivity index (χ0n) is 41.3. The van der Waals surface area contributed by atoms with E-state index in [0.717, 1.165) is 5.56 Å². The number of ether oxygens (including phenoxy) is 7. The van der Waals surface area contributed by atoms with Crippen LogP contribution in [0.4, 0.5) is 4.79 Å². The largest absolute Gasteiger partial charge is 0.511 e. The number of nitrogens with zero attached hydrogens (tertiary/aromatic N) is 3. The minimum atomic E-state index is -2.08. The Morgan fingerprint density at radius 1 is 0.900 bits per heavy atom. The van der Waals surface area contributed by atoms with Crippen LogP contribution in [0.5, 0.6) is 11.5 Å². The summed E-state index contributed by atoms with van der Waals surface area (Å²) in [7, 11) is 1.51. The summed E-state index contributed by atoms with van der Waals surface area (Å²) in [5.74, 6) is -8.42. The van der Waals surface area contributed by atoms with Gasteiger partial charge >= 0.3 is 11.9 Å². The van der Waals surface area contributed by atoms with E-state index in [1.54, 1.807) is 48.8 Å². The van der Waals surface area contributed by atoms with Crippen molar-refractivity contribution in [3.05, 3.63) is 124 Å². The molecule has 0 radical (unpaired) electrons. The molecule has 2 N–H and O–H groups in total. The zero-order chi connectivity index (χ0) is 50.4. The number of phenolic OH excluding ortho intramolecular Hbond substituents is 1. The molecular formula is C53H63N4O13+. The standard InChI is InChI=1S/C53H62N4O13/c1-29-15-14-16-30(2)50(62)54-40-41(56-22-25-65-26-23-56)44(60)37-38(43(40)59)42(58)32(4)48-39(37)49(61)53(9,70-48)66-24-19-36(64-10)31(3)46(34(6)47-33(5)45(29)68-52(7,8)69-47)67-51(63)57-21-20-55(28-57)27-35-17-12-11-13-18-35/h11-21,24,28-29,31,33-34,36,45-47H,22-23,25-27H2,1-10H3,(H-,54,58,59,60,61,62)/p+1/b15-14+,24-19+,30-16+/t29-,31+,33-,34+,36-,45+,46+,47-,53+/m1/s1. The molecule has 1 aromatic heterocycles. The van der Waals surface area contributed by atoms with Gasteiger partial charge in [0.05, 0.1) is 54.5 Å². The van der Waals surface area contributed by atoms with Crippen molar-refractivity contribution in [1.29, 1.82) is 0 Å². The second kappa shape index (κ2) is 19.8. The summed E-state index contributed by atoms with van der Waals surface area (Å²) in [5, 5.41) is 14.4. The average molecular weight is 964 g/mol. The van der Waals surface area contributed by atoms with Crippen LogP contribution in [0.2, 0.25) is 0 Å². The van der Waals surface area contributed by atoms with Gasteiger partial charge in [0.15, 0.2) is 5.79 Å². The summed E-state index contributed by atoms with van der Waals surface area (Å²) in [6.45, 7) is 17.4. The number of carbonyl (C=O) groups excluding carboxylic acids is 5. The maximum atomic E-state index is 14.9. The first-order valence-corrected chi connectivity index (χ1v) is 23.8. The normalized spacial score (nSPS) is 31.0. The average Bonchev–Trinajstić information content (AvgIpc) is 3.91. The first-order valence-electron chi connectivity index (χ1n) is 23.8. The van der Waals surface area contributed by atoms with Gasteiger partial charge in [-0.1, -0.05) is 76.3 Å². The Bertz CT molecular complexity index is 2700. The molecule has 2 saturated heterocycles. The molecule has 17 nitrogen and oxygen atoms in total. The van der Waals surface area contributed by atoms with Crippen LogP contribution < -0.4 is 14.6 Å². The minimum absolute atomic E-state index is 0.0186. The van der Waals surface area contributed by atoms with Gasteiger partial charge < -0.3 is 48.5 Å². The predicted molar refractivity (Wildman–Crippen MR) is 253 cm³/mol. The molecule has 9 atom stereocenters. The highest BCUT2D eigenvalue weighted by Gasteiger charge is 2.54. The molecule has 372 valence electrons. The van der Waals surface area contributed by atoms with Gasteiger partial charge in [0.1, 0.15) is 47.9 Å². The number of fused-ring (bicyclic) bond motifs is 10. The van der Waals surface area contributed by atoms with E-state index in [-0.39, 0.29) is 77.5 Å². The van der Waals surface area contributed by atoms with Crippen molar-refractivity contribution >= 4 is 29.4 Å². The van der Waals surface area contributed by atoms with E-state index in [2.05, 4.69) is 5.32 Å². The number of carbonyl (C=O) groups is 5. The van der Waals surface area contributed by atoms with Crippen molar-refractivity contribution in [3.63, 3.8) is 0 Å². The van der Waals surface area contributed by atoms with Crippen molar-refractivity contribution in [3.8, 4) is 11.5 Å². The van der Waals surface area contributed by atoms with Gasteiger partial charge in [-0.05, 0) is 39.3 Å². The molecule has 70 heavy (non-hydrogen) atoms. The summed E-state index contributed by atoms with van der Waals surface area (Å²) in [6.07, 6.45) is 10.0. The number of methoxy groups -OCH3 is 1. The van der Waals surface area contributed by atoms with Crippen molar-refractivity contribution in [2.24, 2.45) is 23.7 Å². The maximum absolute atomic E-state index is 14.9. The molecule has 0 spiro atoms. The van der Waals surface area contributed by atoms with Crippen LogP contribution >= 0.6 is 0 Å². The molecule has 0 unspecified atom stereocenters. The Morgan fingerprint density at radius 3 is 2.30 bits per heavy atom. The Labute approximate surface area is 407 Å². The Kier molecular flexibility index (Phi) is 14.1. The monoisotopic (exact) mass is 963 g/mol. The minimum Gasteiger partial charge on any atom is -0.507 e. The van der Waals surface area contributed by atoms with Gasteiger partial charge in [0.2, 0.25) is 11.6 Å². The number of allylic oxidation sites excluding steroid dienone is 4. The molecule has 2 aromatic carbocycles. The maximum Gasteiger partial charge on any atom is 0.511 e. The lowest BCUT2D eigenvalue weighted by molar-refractivity contribution is -0.687. The van der Waals surface area contributed by atoms with Gasteiger partial charge in [0.25, 0.3) is 18.0 Å². The first-order chi connectivity index (χ1) is 33.2. The van der Waals surface area contributed by atoms with E-state index in [4.69, 9.17) is 33.2 Å². The fraction of sp³-hybridized carbons (Fsp3) is 0.472. The lowest BCUT2D eigenvalue weighted by Gasteiger charge is -2.50. The number of imidazole rings is 1. The Balaban J connectivity index is 1.20. The summed E-state index contributed by atoms with van der Waals surface area (Å²) < 4.78 is 47.0. The number of Topliss-reactive ketones (excluding diaryl/α,β-unsaturated/α-hetero) is 3. The molecule has 1 aliphatic carbocycles. The number of hydrogen-bond acceptors (Lipinski definition) is 14. The Hall–Kier alpha value is -6.40. The van der Waals surface area contributed by atoms with Crippen LogP contribution in [0, 0.1) is 30.6 Å². The van der Waals surface area contributed by atoms with Crippen LogP contribution in [-0.2, 0) is 39.8 Å². The number of nitrogens with one attached hydrogen (secondary N) is 1. The van der Waals surface area contributed by atoms with Crippen LogP contribution in [-0.4, -0.2) is 113 Å². The summed E-state index contributed by atoms with van der Waals surface area (Å²) >= 11 is 0. The Morgan fingerprint density at radius 2 is 1.60 bits per heavy atom. The van der Waals surface area contributed by atoms with E-state index in [0.29, 0.717) is 6.54 Å². The van der Waals surface area contributed by atoms with Gasteiger partial charge in [0, 0.05) is 61.9 Å². The van der Waals surface area contributed by atoms with Crippen LogP contribution in [0.15, 0.2) is 96.6 Å². The molecule has 9 rings (SSSR count). The highest BCUT2D eigenvalue weighted by Crippen LogP contribution is 2.49. The van der Waals surface area contributed by atoms with Gasteiger partial charge in [-0.2, -0.15) is 4.79 Å². The van der Waals surface area contributed by atoms with Crippen molar-refractivity contribution in [1.82, 2.24) is 14.8 Å². The van der Waals surface area contributed by atoms with Crippen LogP contribution in [0.25, 0.3) is 0 Å². The summed E-state index contributed by atoms with van der Waals surface area (Å²) in [5.41, 5.74) is -0.209. The van der Waals surface area contributed by atoms with Crippen molar-refractivity contribution < 1.29 is 66.8 Å². The number of morpholine rings is 1. The van der Waals surface area contributed by atoms with Gasteiger partial charge in [-0.15, -0.1) is 4.57 Å². The van der Waals surface area contributed by atoms with Crippen LogP contribution in [0.3, 0.4) is 0 Å². The second-order valence-electron chi connectivity index (χ2n) is 19.4.